The minimum Gasteiger partial charge on any atom is -0.309 e. The number of hydrogen-bond acceptors (Lipinski definition) is 2. The molecule has 2 rings (SSSR count). The zero-order valence-electron chi connectivity index (χ0n) is 12.0. The van der Waals surface area contributed by atoms with E-state index in [1.807, 2.05) is 20.0 Å². The molecule has 0 spiro atoms. The second kappa shape index (κ2) is 6.16. The average Bonchev–Trinajstić information content (AvgIpc) is 2.81. The van der Waals surface area contributed by atoms with Crippen molar-refractivity contribution >= 4 is 0 Å². The van der Waals surface area contributed by atoms with Gasteiger partial charge in [0.1, 0.15) is 0 Å². The first-order valence-corrected chi connectivity index (χ1v) is 7.21. The Morgan fingerprint density at radius 1 is 1.45 bits per heavy atom. The summed E-state index contributed by atoms with van der Waals surface area (Å²) in [7, 11) is 1.84. The van der Waals surface area contributed by atoms with Crippen LogP contribution in [0, 0.1) is 11.8 Å². The van der Waals surface area contributed by atoms with Crippen LogP contribution in [0.5, 0.6) is 0 Å². The normalized spacial score (nSPS) is 25.6. The van der Waals surface area contributed by atoms with Crippen LogP contribution in [0.4, 0.5) is 13.2 Å². The number of nitrogens with zero attached hydrogens (tertiary/aromatic N) is 2. The van der Waals surface area contributed by atoms with Crippen LogP contribution in [0.3, 0.4) is 0 Å². The van der Waals surface area contributed by atoms with Gasteiger partial charge in [-0.15, -0.1) is 0 Å². The van der Waals surface area contributed by atoms with E-state index in [0.29, 0.717) is 6.42 Å². The van der Waals surface area contributed by atoms with Crippen molar-refractivity contribution in [1.29, 1.82) is 0 Å². The van der Waals surface area contributed by atoms with Crippen LogP contribution in [-0.4, -0.2) is 22.5 Å². The zero-order valence-corrected chi connectivity index (χ0v) is 12.0. The standard InChI is InChI=1S/C14H22F3N3/c1-3-18-13(12-7-8-19-20(12)2)10-5-4-6-11(9-10)14(15,16)17/h7-8,10-11,13,18H,3-6,9H2,1-2H3. The van der Waals surface area contributed by atoms with E-state index in [-0.39, 0.29) is 24.8 Å². The molecule has 0 radical (unpaired) electrons. The Labute approximate surface area is 117 Å². The minimum atomic E-state index is -4.07. The van der Waals surface area contributed by atoms with Crippen LogP contribution in [0.1, 0.15) is 44.3 Å². The maximum Gasteiger partial charge on any atom is 0.391 e. The molecule has 0 bridgehead atoms. The Morgan fingerprint density at radius 2 is 2.20 bits per heavy atom. The number of halogens is 3. The maximum atomic E-state index is 12.9. The van der Waals surface area contributed by atoms with E-state index in [0.717, 1.165) is 18.7 Å². The Morgan fingerprint density at radius 3 is 2.75 bits per heavy atom. The molecule has 0 saturated heterocycles. The van der Waals surface area contributed by atoms with Crippen molar-refractivity contribution in [3.05, 3.63) is 18.0 Å². The van der Waals surface area contributed by atoms with Gasteiger partial charge in [-0.1, -0.05) is 13.3 Å². The van der Waals surface area contributed by atoms with Crippen LogP contribution >= 0.6 is 0 Å². The lowest BCUT2D eigenvalue weighted by molar-refractivity contribution is -0.186. The predicted octanol–water partition coefficient (Wildman–Crippen LogP) is 3.44. The van der Waals surface area contributed by atoms with Crippen LogP contribution < -0.4 is 5.32 Å². The number of aromatic nitrogens is 2. The summed E-state index contributed by atoms with van der Waals surface area (Å²) in [6.07, 6.45) is -0.397. The third-order valence-electron chi connectivity index (χ3n) is 4.25. The summed E-state index contributed by atoms with van der Waals surface area (Å²) in [6, 6.07) is 1.85. The van der Waals surface area contributed by atoms with Gasteiger partial charge >= 0.3 is 6.18 Å². The molecule has 1 heterocycles. The molecule has 6 heteroatoms. The number of aryl methyl sites for hydroxylation is 1. The highest BCUT2D eigenvalue weighted by molar-refractivity contribution is 5.09. The highest BCUT2D eigenvalue weighted by Crippen LogP contribution is 2.43. The molecule has 3 nitrogen and oxygen atoms in total. The topological polar surface area (TPSA) is 29.9 Å². The Hall–Kier alpha value is -1.04. The van der Waals surface area contributed by atoms with E-state index in [4.69, 9.17) is 0 Å². The number of alkyl halides is 3. The lowest BCUT2D eigenvalue weighted by Gasteiger charge is -2.35. The molecule has 1 N–H and O–H groups in total. The molecule has 1 aliphatic carbocycles. The molecule has 20 heavy (non-hydrogen) atoms. The fourth-order valence-corrected chi connectivity index (χ4v) is 3.25. The quantitative estimate of drug-likeness (QED) is 0.920. The molecule has 1 aliphatic rings. The van der Waals surface area contributed by atoms with E-state index in [2.05, 4.69) is 10.4 Å². The van der Waals surface area contributed by atoms with Crippen LogP contribution in [0.2, 0.25) is 0 Å². The molecule has 0 amide bonds. The third-order valence-corrected chi connectivity index (χ3v) is 4.25. The first kappa shape index (κ1) is 15.4. The molecular weight excluding hydrogens is 267 g/mol. The Kier molecular flexibility index (Phi) is 4.73. The molecule has 0 aromatic carbocycles. The van der Waals surface area contributed by atoms with Crippen molar-refractivity contribution in [2.24, 2.45) is 18.9 Å². The number of hydrogen-bond donors (Lipinski definition) is 1. The summed E-state index contributed by atoms with van der Waals surface area (Å²) in [6.45, 7) is 2.72. The lowest BCUT2D eigenvalue weighted by Crippen LogP contribution is -2.36. The summed E-state index contributed by atoms with van der Waals surface area (Å²) in [5.41, 5.74) is 0.972. The molecule has 1 fully saturated rings. The van der Waals surface area contributed by atoms with E-state index >= 15 is 0 Å². The SMILES string of the molecule is CCNC(c1ccnn1C)C1CCCC(C(F)(F)F)C1. The first-order chi connectivity index (χ1) is 9.43. The second-order valence-corrected chi connectivity index (χ2v) is 5.58. The molecule has 3 unspecified atom stereocenters. The fourth-order valence-electron chi connectivity index (χ4n) is 3.25. The predicted molar refractivity (Wildman–Crippen MR) is 71.1 cm³/mol. The van der Waals surface area contributed by atoms with Gasteiger partial charge in [-0.25, -0.2) is 0 Å². The van der Waals surface area contributed by atoms with E-state index in [9.17, 15) is 13.2 Å². The summed E-state index contributed by atoms with van der Waals surface area (Å²) in [5, 5.41) is 7.48. The Balaban J connectivity index is 2.15. The van der Waals surface area contributed by atoms with Crippen molar-refractivity contribution in [2.75, 3.05) is 6.54 Å². The van der Waals surface area contributed by atoms with E-state index < -0.39 is 12.1 Å². The highest BCUT2D eigenvalue weighted by atomic mass is 19.4. The summed E-state index contributed by atoms with van der Waals surface area (Å²) < 4.78 is 40.6. The van der Waals surface area contributed by atoms with Gasteiger partial charge in [-0.2, -0.15) is 18.3 Å². The number of nitrogens with one attached hydrogen (secondary N) is 1. The van der Waals surface area contributed by atoms with Crippen LogP contribution in [-0.2, 0) is 7.05 Å². The van der Waals surface area contributed by atoms with Crippen molar-refractivity contribution in [3.63, 3.8) is 0 Å². The van der Waals surface area contributed by atoms with Gasteiger partial charge in [-0.3, -0.25) is 4.68 Å². The van der Waals surface area contributed by atoms with Gasteiger partial charge in [-0.05, 0) is 37.8 Å². The average molecular weight is 289 g/mol. The molecule has 3 atom stereocenters. The van der Waals surface area contributed by atoms with Crippen molar-refractivity contribution in [1.82, 2.24) is 15.1 Å². The van der Waals surface area contributed by atoms with Gasteiger partial charge in [0.2, 0.25) is 0 Å². The molecule has 1 aromatic rings. The highest BCUT2D eigenvalue weighted by Gasteiger charge is 2.43. The monoisotopic (exact) mass is 289 g/mol. The van der Waals surface area contributed by atoms with Crippen molar-refractivity contribution in [2.45, 2.75) is 44.8 Å². The Bertz CT molecular complexity index is 428. The lowest BCUT2D eigenvalue weighted by atomic mass is 9.76. The summed E-state index contributed by atoms with van der Waals surface area (Å²) >= 11 is 0. The summed E-state index contributed by atoms with van der Waals surface area (Å²) in [4.78, 5) is 0. The van der Waals surface area contributed by atoms with E-state index in [1.54, 1.807) is 10.9 Å². The molecule has 1 aromatic heterocycles. The molecule has 114 valence electrons. The van der Waals surface area contributed by atoms with Gasteiger partial charge in [0.25, 0.3) is 0 Å². The third kappa shape index (κ3) is 3.34. The van der Waals surface area contributed by atoms with E-state index in [1.165, 1.54) is 0 Å². The smallest absolute Gasteiger partial charge is 0.309 e. The molecular formula is C14H22F3N3. The molecule has 1 saturated carbocycles. The van der Waals surface area contributed by atoms with Gasteiger partial charge in [0.05, 0.1) is 17.7 Å². The fraction of sp³-hybridized carbons (Fsp3) is 0.786. The summed E-state index contributed by atoms with van der Waals surface area (Å²) in [5.74, 6) is -1.14. The van der Waals surface area contributed by atoms with Crippen LogP contribution in [0.25, 0.3) is 0 Å². The second-order valence-electron chi connectivity index (χ2n) is 5.58. The van der Waals surface area contributed by atoms with Gasteiger partial charge in [0.15, 0.2) is 0 Å². The minimum absolute atomic E-state index is 0.0192. The maximum absolute atomic E-state index is 12.9. The van der Waals surface area contributed by atoms with Crippen LogP contribution in [0.15, 0.2) is 12.3 Å². The largest absolute Gasteiger partial charge is 0.391 e. The zero-order chi connectivity index (χ0) is 14.8. The van der Waals surface area contributed by atoms with Crippen molar-refractivity contribution < 1.29 is 13.2 Å². The number of rotatable bonds is 4. The van der Waals surface area contributed by atoms with Gasteiger partial charge in [0, 0.05) is 13.2 Å². The first-order valence-electron chi connectivity index (χ1n) is 7.21. The molecule has 0 aliphatic heterocycles. The van der Waals surface area contributed by atoms with Gasteiger partial charge < -0.3 is 5.32 Å². The van der Waals surface area contributed by atoms with Crippen molar-refractivity contribution in [3.8, 4) is 0 Å².